The Bertz CT molecular complexity index is 893. The van der Waals surface area contributed by atoms with Gasteiger partial charge in [-0.15, -0.1) is 0 Å². The van der Waals surface area contributed by atoms with E-state index in [0.717, 1.165) is 29.4 Å². The van der Waals surface area contributed by atoms with Crippen LogP contribution < -0.4 is 11.2 Å². The van der Waals surface area contributed by atoms with Gasteiger partial charge in [-0.3, -0.25) is 14.2 Å². The largest absolute Gasteiger partial charge is 0.342 e. The van der Waals surface area contributed by atoms with Crippen LogP contribution in [0.15, 0.2) is 40.1 Å². The molecule has 1 aromatic heterocycles. The van der Waals surface area contributed by atoms with Gasteiger partial charge in [-0.2, -0.15) is 0 Å². The second-order valence-electron chi connectivity index (χ2n) is 6.81. The van der Waals surface area contributed by atoms with Crippen molar-refractivity contribution in [2.45, 2.75) is 25.7 Å². The summed E-state index contributed by atoms with van der Waals surface area (Å²) in [6.07, 6.45) is 3.96. The molecule has 7 heteroatoms. The van der Waals surface area contributed by atoms with Crippen molar-refractivity contribution in [3.8, 4) is 0 Å². The Morgan fingerprint density at radius 3 is 2.50 bits per heavy atom. The van der Waals surface area contributed by atoms with Crippen LogP contribution in [0.5, 0.6) is 0 Å². The number of nitrogens with one attached hydrogen (secondary N) is 1. The summed E-state index contributed by atoms with van der Waals surface area (Å²) in [5.41, 5.74) is 0.472. The summed E-state index contributed by atoms with van der Waals surface area (Å²) < 4.78 is 13.9. The van der Waals surface area contributed by atoms with Crippen LogP contribution in [0.25, 0.3) is 0 Å². The van der Waals surface area contributed by atoms with Crippen molar-refractivity contribution in [1.29, 1.82) is 0 Å². The number of aromatic amines is 1. The molecule has 0 bridgehead atoms. The van der Waals surface area contributed by atoms with Crippen molar-refractivity contribution in [3.63, 3.8) is 0 Å². The Morgan fingerprint density at radius 1 is 1.19 bits per heavy atom. The summed E-state index contributed by atoms with van der Waals surface area (Å²) in [6, 6.07) is 6.55. The third-order valence-corrected chi connectivity index (χ3v) is 5.00. The molecule has 138 valence electrons. The van der Waals surface area contributed by atoms with E-state index in [4.69, 9.17) is 0 Å². The van der Waals surface area contributed by atoms with E-state index in [1.165, 1.54) is 25.4 Å². The Balaban J connectivity index is 1.55. The maximum Gasteiger partial charge on any atom is 0.328 e. The summed E-state index contributed by atoms with van der Waals surface area (Å²) in [5.74, 6) is 0.127. The molecule has 0 unspecified atom stereocenters. The van der Waals surface area contributed by atoms with Gasteiger partial charge in [0.2, 0.25) is 5.91 Å². The molecular weight excluding hydrogens is 337 g/mol. The lowest BCUT2D eigenvalue weighted by Gasteiger charge is -2.32. The van der Waals surface area contributed by atoms with Gasteiger partial charge in [-0.05, 0) is 42.9 Å². The van der Waals surface area contributed by atoms with Gasteiger partial charge in [0, 0.05) is 31.9 Å². The lowest BCUT2D eigenvalue weighted by Crippen LogP contribution is -2.41. The molecule has 0 atom stereocenters. The smallest absolute Gasteiger partial charge is 0.328 e. The second kappa shape index (κ2) is 7.68. The third-order valence-electron chi connectivity index (χ3n) is 5.00. The molecule has 1 saturated heterocycles. The summed E-state index contributed by atoms with van der Waals surface area (Å²) in [6.45, 7) is 1.29. The highest BCUT2D eigenvalue weighted by molar-refractivity contribution is 5.78. The average molecular weight is 359 g/mol. The number of halogens is 1. The van der Waals surface area contributed by atoms with E-state index >= 15 is 0 Å². The molecule has 0 saturated carbocycles. The van der Waals surface area contributed by atoms with Gasteiger partial charge in [-0.1, -0.05) is 12.1 Å². The number of aromatic nitrogens is 2. The van der Waals surface area contributed by atoms with E-state index < -0.39 is 11.2 Å². The van der Waals surface area contributed by atoms with Crippen molar-refractivity contribution >= 4 is 5.91 Å². The highest BCUT2D eigenvalue weighted by Gasteiger charge is 2.23. The van der Waals surface area contributed by atoms with Crippen LogP contribution in [0.1, 0.15) is 24.0 Å². The molecule has 3 rings (SSSR count). The number of nitrogens with zero attached hydrogens (tertiary/aromatic N) is 2. The number of H-pyrrole nitrogens is 1. The van der Waals surface area contributed by atoms with Crippen LogP contribution in [0, 0.1) is 11.7 Å². The first kappa shape index (κ1) is 18.1. The molecule has 2 heterocycles. The lowest BCUT2D eigenvalue weighted by atomic mass is 9.90. The maximum atomic E-state index is 13.0. The SMILES string of the molecule is Cn1c(=O)[nH]cc(CC(=O)N2CCC(Cc3ccc(F)cc3)CC2)c1=O. The van der Waals surface area contributed by atoms with Crippen molar-refractivity contribution < 1.29 is 9.18 Å². The normalized spacial score (nSPS) is 15.2. The minimum atomic E-state index is -0.493. The van der Waals surface area contributed by atoms with E-state index in [1.807, 2.05) is 0 Å². The van der Waals surface area contributed by atoms with Crippen LogP contribution in [-0.2, 0) is 24.7 Å². The van der Waals surface area contributed by atoms with E-state index in [9.17, 15) is 18.8 Å². The number of piperidine rings is 1. The lowest BCUT2D eigenvalue weighted by molar-refractivity contribution is -0.131. The number of carbonyl (C=O) groups excluding carboxylic acids is 1. The Morgan fingerprint density at radius 2 is 1.85 bits per heavy atom. The van der Waals surface area contributed by atoms with E-state index in [-0.39, 0.29) is 18.1 Å². The zero-order valence-corrected chi connectivity index (χ0v) is 14.7. The zero-order valence-electron chi connectivity index (χ0n) is 14.7. The van der Waals surface area contributed by atoms with Gasteiger partial charge >= 0.3 is 5.69 Å². The molecule has 0 spiro atoms. The fraction of sp³-hybridized carbons (Fsp3) is 0.421. The van der Waals surface area contributed by atoms with Crippen LogP contribution in [0.4, 0.5) is 4.39 Å². The molecule has 1 aliphatic heterocycles. The number of hydrogen-bond donors (Lipinski definition) is 1. The molecule has 1 aliphatic rings. The molecule has 1 amide bonds. The van der Waals surface area contributed by atoms with Crippen molar-refractivity contribution in [2.24, 2.45) is 13.0 Å². The van der Waals surface area contributed by atoms with Crippen molar-refractivity contribution in [3.05, 3.63) is 68.2 Å². The Kier molecular flexibility index (Phi) is 5.35. The molecular formula is C19H22FN3O3. The average Bonchev–Trinajstić information content (AvgIpc) is 2.64. The summed E-state index contributed by atoms with van der Waals surface area (Å²) in [5, 5.41) is 0. The topological polar surface area (TPSA) is 75.2 Å². The molecule has 1 fully saturated rings. The summed E-state index contributed by atoms with van der Waals surface area (Å²) in [4.78, 5) is 40.1. The highest BCUT2D eigenvalue weighted by Crippen LogP contribution is 2.22. The van der Waals surface area contributed by atoms with Gasteiger partial charge in [0.05, 0.1) is 6.42 Å². The predicted molar refractivity (Wildman–Crippen MR) is 95.4 cm³/mol. The van der Waals surface area contributed by atoms with E-state index in [0.29, 0.717) is 24.6 Å². The minimum Gasteiger partial charge on any atom is -0.342 e. The van der Waals surface area contributed by atoms with Crippen LogP contribution >= 0.6 is 0 Å². The van der Waals surface area contributed by atoms with Gasteiger partial charge in [0.25, 0.3) is 5.56 Å². The first-order chi connectivity index (χ1) is 12.4. The molecule has 0 radical (unpaired) electrons. The monoisotopic (exact) mass is 359 g/mol. The standard InChI is InChI=1S/C19H22FN3O3/c1-22-18(25)15(12-21-19(22)26)11-17(24)23-8-6-14(7-9-23)10-13-2-4-16(20)5-3-13/h2-5,12,14H,6-11H2,1H3,(H,21,26). The minimum absolute atomic E-state index is 0.00786. The quantitative estimate of drug-likeness (QED) is 0.892. The summed E-state index contributed by atoms with van der Waals surface area (Å²) >= 11 is 0. The number of likely N-dealkylation sites (tertiary alicyclic amines) is 1. The third kappa shape index (κ3) is 4.09. The van der Waals surface area contributed by atoms with Crippen LogP contribution in [-0.4, -0.2) is 33.4 Å². The van der Waals surface area contributed by atoms with Crippen molar-refractivity contribution in [2.75, 3.05) is 13.1 Å². The highest BCUT2D eigenvalue weighted by atomic mass is 19.1. The molecule has 2 aromatic rings. The number of benzene rings is 1. The van der Waals surface area contributed by atoms with Crippen LogP contribution in [0.2, 0.25) is 0 Å². The molecule has 0 aliphatic carbocycles. The molecule has 26 heavy (non-hydrogen) atoms. The maximum absolute atomic E-state index is 13.0. The zero-order chi connectivity index (χ0) is 18.7. The fourth-order valence-corrected chi connectivity index (χ4v) is 3.36. The van der Waals surface area contributed by atoms with Gasteiger partial charge in [0.15, 0.2) is 0 Å². The fourth-order valence-electron chi connectivity index (χ4n) is 3.36. The van der Waals surface area contributed by atoms with Gasteiger partial charge < -0.3 is 9.88 Å². The Labute approximate surface area is 150 Å². The van der Waals surface area contributed by atoms with E-state index in [2.05, 4.69) is 4.98 Å². The first-order valence-corrected chi connectivity index (χ1v) is 8.74. The number of amides is 1. The van der Waals surface area contributed by atoms with Gasteiger partial charge in [0.1, 0.15) is 5.82 Å². The first-order valence-electron chi connectivity index (χ1n) is 8.74. The molecule has 1 aromatic carbocycles. The number of hydrogen-bond acceptors (Lipinski definition) is 3. The summed E-state index contributed by atoms with van der Waals surface area (Å²) in [7, 11) is 1.39. The van der Waals surface area contributed by atoms with Crippen molar-refractivity contribution in [1.82, 2.24) is 14.5 Å². The molecule has 6 nitrogen and oxygen atoms in total. The second-order valence-corrected chi connectivity index (χ2v) is 6.81. The number of carbonyl (C=O) groups is 1. The van der Waals surface area contributed by atoms with E-state index in [1.54, 1.807) is 17.0 Å². The number of rotatable bonds is 4. The van der Waals surface area contributed by atoms with Gasteiger partial charge in [-0.25, -0.2) is 9.18 Å². The van der Waals surface area contributed by atoms with Crippen LogP contribution in [0.3, 0.4) is 0 Å². The Hall–Kier alpha value is -2.70. The molecule has 1 N–H and O–H groups in total. The predicted octanol–water partition coefficient (Wildman–Crippen LogP) is 1.24.